The minimum absolute atomic E-state index is 0.114. The van der Waals surface area contributed by atoms with Gasteiger partial charge in [-0.05, 0) is 31.8 Å². The van der Waals surface area contributed by atoms with Gasteiger partial charge in [0, 0.05) is 50.1 Å². The smallest absolute Gasteiger partial charge is 0.273 e. The Kier molecular flexibility index (Phi) is 5.08. The maximum atomic E-state index is 13.1. The third-order valence-corrected chi connectivity index (χ3v) is 7.38. The van der Waals surface area contributed by atoms with Crippen molar-refractivity contribution in [2.24, 2.45) is 16.7 Å². The molecule has 1 aromatic rings. The van der Waals surface area contributed by atoms with E-state index in [1.807, 2.05) is 19.5 Å². The highest BCUT2D eigenvalue weighted by Gasteiger charge is 2.63. The van der Waals surface area contributed by atoms with Gasteiger partial charge in [0.1, 0.15) is 10.7 Å². The average molecular weight is 393 g/mol. The number of hydrogen-bond donors (Lipinski definition) is 0. The van der Waals surface area contributed by atoms with Crippen LogP contribution in [0.3, 0.4) is 0 Å². The topological polar surface area (TPSA) is 48.9 Å². The van der Waals surface area contributed by atoms with Crippen LogP contribution in [-0.4, -0.2) is 85.6 Å². The van der Waals surface area contributed by atoms with Crippen LogP contribution in [0, 0.1) is 16.7 Å². The first kappa shape index (κ1) is 19.3. The molecule has 0 aromatic carbocycles. The first-order chi connectivity index (χ1) is 12.8. The quantitative estimate of drug-likeness (QED) is 0.767. The third kappa shape index (κ3) is 3.67. The highest BCUT2D eigenvalue weighted by Crippen LogP contribution is 2.63. The first-order valence-electron chi connectivity index (χ1n) is 9.98. The van der Waals surface area contributed by atoms with Crippen molar-refractivity contribution >= 4 is 17.2 Å². The second-order valence-electron chi connectivity index (χ2n) is 9.52. The van der Waals surface area contributed by atoms with Crippen molar-refractivity contribution in [2.75, 3.05) is 60.0 Å². The predicted molar refractivity (Wildman–Crippen MR) is 107 cm³/mol. The van der Waals surface area contributed by atoms with E-state index in [9.17, 15) is 4.79 Å². The minimum atomic E-state index is 0.114. The number of fused-ring (bicyclic) bond motifs is 1. The second kappa shape index (κ2) is 7.10. The van der Waals surface area contributed by atoms with Gasteiger partial charge in [-0.3, -0.25) is 9.69 Å². The highest BCUT2D eigenvalue weighted by atomic mass is 32.1. The number of morpholine rings is 1. The zero-order valence-electron chi connectivity index (χ0n) is 17.0. The summed E-state index contributed by atoms with van der Waals surface area (Å²) >= 11 is 1.59. The molecule has 7 heteroatoms. The van der Waals surface area contributed by atoms with Gasteiger partial charge in [-0.25, -0.2) is 4.98 Å². The van der Waals surface area contributed by atoms with Crippen LogP contribution in [0.15, 0.2) is 5.38 Å². The molecule has 0 bridgehead atoms. The summed E-state index contributed by atoms with van der Waals surface area (Å²) in [5.74, 6) is 0.694. The molecule has 27 heavy (non-hydrogen) atoms. The Labute approximate surface area is 166 Å². The Balaban J connectivity index is 1.47. The molecular formula is C20H32N4O2S. The summed E-state index contributed by atoms with van der Waals surface area (Å²) in [4.78, 5) is 24.4. The number of thiazole rings is 1. The van der Waals surface area contributed by atoms with Crippen molar-refractivity contribution in [3.63, 3.8) is 0 Å². The van der Waals surface area contributed by atoms with Crippen LogP contribution in [0.25, 0.3) is 0 Å². The lowest BCUT2D eigenvalue weighted by Gasteiger charge is -2.58. The zero-order chi connectivity index (χ0) is 19.2. The predicted octanol–water partition coefficient (Wildman–Crippen LogP) is 2.03. The standard InChI is InChI=1S/C20H32N4O2S/c1-19(2)12-20(13-23-5-7-26-8-6-23)14-24(9-16(19)20)18(25)15-11-27-17(21-15)10-22(3)4/h11,16H,5-10,12-14H2,1-4H3/t16-,20+/m1/s1. The molecular weight excluding hydrogens is 360 g/mol. The number of hydrogen-bond acceptors (Lipinski definition) is 6. The fourth-order valence-electron chi connectivity index (χ4n) is 5.61. The molecule has 3 aliphatic rings. The van der Waals surface area contributed by atoms with Crippen LogP contribution in [0.2, 0.25) is 0 Å². The molecule has 6 nitrogen and oxygen atoms in total. The van der Waals surface area contributed by atoms with Crippen molar-refractivity contribution in [2.45, 2.75) is 26.8 Å². The van der Waals surface area contributed by atoms with E-state index in [2.05, 4.69) is 33.5 Å². The van der Waals surface area contributed by atoms with E-state index in [0.717, 1.165) is 57.5 Å². The van der Waals surface area contributed by atoms with Crippen molar-refractivity contribution in [1.29, 1.82) is 0 Å². The number of rotatable bonds is 5. The Morgan fingerprint density at radius 1 is 1.37 bits per heavy atom. The third-order valence-electron chi connectivity index (χ3n) is 6.55. The van der Waals surface area contributed by atoms with Crippen LogP contribution in [0.1, 0.15) is 35.8 Å². The Bertz CT molecular complexity index is 698. The van der Waals surface area contributed by atoms with Gasteiger partial charge in [0.05, 0.1) is 13.2 Å². The molecule has 1 amide bonds. The van der Waals surface area contributed by atoms with Crippen molar-refractivity contribution in [1.82, 2.24) is 19.7 Å². The van der Waals surface area contributed by atoms with Crippen LogP contribution in [0.4, 0.5) is 0 Å². The largest absolute Gasteiger partial charge is 0.379 e. The minimum Gasteiger partial charge on any atom is -0.379 e. The maximum Gasteiger partial charge on any atom is 0.273 e. The van der Waals surface area contributed by atoms with Crippen LogP contribution in [-0.2, 0) is 11.3 Å². The molecule has 3 fully saturated rings. The summed E-state index contributed by atoms with van der Waals surface area (Å²) in [6.07, 6.45) is 1.20. The fraction of sp³-hybridized carbons (Fsp3) is 0.800. The van der Waals surface area contributed by atoms with Gasteiger partial charge < -0.3 is 14.5 Å². The number of amides is 1. The molecule has 0 N–H and O–H groups in total. The molecule has 0 spiro atoms. The monoisotopic (exact) mass is 392 g/mol. The molecule has 1 aliphatic carbocycles. The number of likely N-dealkylation sites (tertiary alicyclic amines) is 1. The Morgan fingerprint density at radius 3 is 2.78 bits per heavy atom. The zero-order valence-corrected chi connectivity index (χ0v) is 17.8. The van der Waals surface area contributed by atoms with E-state index in [-0.39, 0.29) is 11.3 Å². The highest BCUT2D eigenvalue weighted by molar-refractivity contribution is 7.09. The summed E-state index contributed by atoms with van der Waals surface area (Å²) in [6, 6.07) is 0. The summed E-state index contributed by atoms with van der Waals surface area (Å²) in [7, 11) is 4.05. The SMILES string of the molecule is CN(C)Cc1nc(C(=O)N2C[C@@H]3C(C)(C)C[C@]3(CN3CCOCC3)C2)cs1. The van der Waals surface area contributed by atoms with Gasteiger partial charge in [0.2, 0.25) is 0 Å². The van der Waals surface area contributed by atoms with E-state index < -0.39 is 0 Å². The molecule has 150 valence electrons. The van der Waals surface area contributed by atoms with Crippen molar-refractivity contribution in [3.05, 3.63) is 16.1 Å². The molecule has 2 atom stereocenters. The summed E-state index contributed by atoms with van der Waals surface area (Å²) in [6.45, 7) is 12.1. The number of carbonyl (C=O) groups excluding carboxylic acids is 1. The lowest BCUT2D eigenvalue weighted by atomic mass is 9.48. The van der Waals surface area contributed by atoms with Crippen molar-refractivity contribution in [3.8, 4) is 0 Å². The number of carbonyl (C=O) groups is 1. The van der Waals surface area contributed by atoms with E-state index in [1.54, 1.807) is 11.3 Å². The van der Waals surface area contributed by atoms with Gasteiger partial charge in [-0.1, -0.05) is 13.8 Å². The van der Waals surface area contributed by atoms with E-state index in [1.165, 1.54) is 6.42 Å². The molecule has 3 heterocycles. The van der Waals surface area contributed by atoms with Gasteiger partial charge in [0.25, 0.3) is 5.91 Å². The van der Waals surface area contributed by atoms with E-state index >= 15 is 0 Å². The average Bonchev–Trinajstić information content (AvgIpc) is 3.17. The number of aromatic nitrogens is 1. The molecule has 4 rings (SSSR count). The summed E-state index contributed by atoms with van der Waals surface area (Å²) in [5.41, 5.74) is 1.19. The van der Waals surface area contributed by atoms with Gasteiger partial charge >= 0.3 is 0 Å². The normalized spacial score (nSPS) is 30.4. The molecule has 1 saturated carbocycles. The molecule has 1 aromatic heterocycles. The Hall–Kier alpha value is -1.02. The van der Waals surface area contributed by atoms with E-state index in [0.29, 0.717) is 17.0 Å². The van der Waals surface area contributed by atoms with Gasteiger partial charge in [0.15, 0.2) is 0 Å². The lowest BCUT2D eigenvalue weighted by molar-refractivity contribution is -0.0966. The van der Waals surface area contributed by atoms with Crippen LogP contribution < -0.4 is 0 Å². The second-order valence-corrected chi connectivity index (χ2v) is 10.5. The van der Waals surface area contributed by atoms with E-state index in [4.69, 9.17) is 4.74 Å². The summed E-state index contributed by atoms with van der Waals surface area (Å²) < 4.78 is 5.51. The maximum absolute atomic E-state index is 13.1. The van der Waals surface area contributed by atoms with Crippen molar-refractivity contribution < 1.29 is 9.53 Å². The first-order valence-corrected chi connectivity index (χ1v) is 10.9. The Morgan fingerprint density at radius 2 is 2.11 bits per heavy atom. The molecule has 2 aliphatic heterocycles. The number of ether oxygens (including phenoxy) is 1. The van der Waals surface area contributed by atoms with Crippen LogP contribution in [0.5, 0.6) is 0 Å². The number of nitrogens with zero attached hydrogens (tertiary/aromatic N) is 4. The molecule has 0 radical (unpaired) electrons. The van der Waals surface area contributed by atoms with Gasteiger partial charge in [-0.2, -0.15) is 0 Å². The fourth-order valence-corrected chi connectivity index (χ4v) is 6.50. The lowest BCUT2D eigenvalue weighted by Crippen LogP contribution is -2.59. The van der Waals surface area contributed by atoms with Crippen LogP contribution >= 0.6 is 11.3 Å². The van der Waals surface area contributed by atoms with Gasteiger partial charge in [-0.15, -0.1) is 11.3 Å². The summed E-state index contributed by atoms with van der Waals surface area (Å²) in [5, 5.41) is 2.94. The molecule has 2 saturated heterocycles. The molecule has 0 unspecified atom stereocenters.